The van der Waals surface area contributed by atoms with Gasteiger partial charge in [0.05, 0.1) is 17.5 Å². The lowest BCUT2D eigenvalue weighted by atomic mass is 9.97. The number of nitrogens with zero attached hydrogens (tertiary/aromatic N) is 3. The van der Waals surface area contributed by atoms with E-state index in [4.69, 9.17) is 14.5 Å². The van der Waals surface area contributed by atoms with Gasteiger partial charge >= 0.3 is 6.09 Å². The number of rotatable bonds is 6. The molecular weight excluding hydrogens is 418 g/mol. The van der Waals surface area contributed by atoms with E-state index in [-0.39, 0.29) is 23.5 Å². The van der Waals surface area contributed by atoms with Crippen LogP contribution in [0, 0.1) is 11.8 Å². The first-order valence-corrected chi connectivity index (χ1v) is 12.1. The second-order valence-corrected chi connectivity index (χ2v) is 10.9. The monoisotopic (exact) mass is 457 g/mol. The summed E-state index contributed by atoms with van der Waals surface area (Å²) in [7, 11) is 0. The van der Waals surface area contributed by atoms with Crippen LogP contribution in [-0.4, -0.2) is 45.8 Å². The lowest BCUT2D eigenvalue weighted by Gasteiger charge is -2.34. The first kappa shape index (κ1) is 25.1. The van der Waals surface area contributed by atoms with Crippen molar-refractivity contribution in [3.63, 3.8) is 0 Å². The molecule has 7 nitrogen and oxygen atoms in total. The third-order valence-corrected chi connectivity index (χ3v) is 5.67. The molecule has 2 aromatic rings. The fourth-order valence-electron chi connectivity index (χ4n) is 4.15. The van der Waals surface area contributed by atoms with Crippen LogP contribution in [-0.2, 0) is 11.3 Å². The number of hydrogen-bond donors (Lipinski definition) is 0. The minimum Gasteiger partial charge on any atom is -0.493 e. The van der Waals surface area contributed by atoms with Gasteiger partial charge in [-0.2, -0.15) is 0 Å². The Bertz CT molecular complexity index is 1040. The number of ether oxygens (including phenoxy) is 2. The Balaban J connectivity index is 1.89. The number of carbonyl (C=O) groups excluding carboxylic acids is 1. The average Bonchev–Trinajstić information content (AvgIpc) is 2.73. The number of benzene rings is 1. The van der Waals surface area contributed by atoms with Crippen molar-refractivity contribution in [1.82, 2.24) is 14.5 Å². The third-order valence-electron chi connectivity index (χ3n) is 5.67. The summed E-state index contributed by atoms with van der Waals surface area (Å²) in [6, 6.07) is 5.56. The molecule has 0 spiro atoms. The SMILES string of the molecule is CC(C)COc1ccc2nc(C(C)C)n(C[C@H]3CCCN(C(=O)OC(C)(C)C)C3)c(=O)c2c1. The largest absolute Gasteiger partial charge is 0.493 e. The minimum atomic E-state index is -0.524. The molecule has 1 saturated heterocycles. The topological polar surface area (TPSA) is 73.7 Å². The van der Waals surface area contributed by atoms with Crippen LogP contribution in [0.15, 0.2) is 23.0 Å². The van der Waals surface area contributed by atoms with Crippen LogP contribution in [0.4, 0.5) is 4.79 Å². The maximum Gasteiger partial charge on any atom is 0.410 e. The molecule has 33 heavy (non-hydrogen) atoms. The number of fused-ring (bicyclic) bond motifs is 1. The first-order valence-electron chi connectivity index (χ1n) is 12.1. The van der Waals surface area contributed by atoms with Gasteiger partial charge in [-0.15, -0.1) is 0 Å². The van der Waals surface area contributed by atoms with Crippen molar-refractivity contribution in [2.75, 3.05) is 19.7 Å². The highest BCUT2D eigenvalue weighted by molar-refractivity contribution is 5.79. The van der Waals surface area contributed by atoms with Crippen molar-refractivity contribution in [2.24, 2.45) is 11.8 Å². The van der Waals surface area contributed by atoms with Gasteiger partial charge in [-0.05, 0) is 63.6 Å². The van der Waals surface area contributed by atoms with Crippen LogP contribution in [0.1, 0.15) is 73.1 Å². The number of aromatic nitrogens is 2. The van der Waals surface area contributed by atoms with E-state index in [1.807, 2.05) is 43.5 Å². The minimum absolute atomic E-state index is 0.0481. The summed E-state index contributed by atoms with van der Waals surface area (Å²) >= 11 is 0. The molecule has 0 N–H and O–H groups in total. The lowest BCUT2D eigenvalue weighted by molar-refractivity contribution is 0.0156. The molecule has 0 aliphatic carbocycles. The van der Waals surface area contributed by atoms with Gasteiger partial charge in [-0.1, -0.05) is 27.7 Å². The van der Waals surface area contributed by atoms with Crippen molar-refractivity contribution in [1.29, 1.82) is 0 Å². The van der Waals surface area contributed by atoms with Gasteiger partial charge in [0.25, 0.3) is 5.56 Å². The van der Waals surface area contributed by atoms with Crippen LogP contribution in [0.2, 0.25) is 0 Å². The Morgan fingerprint density at radius 1 is 1.21 bits per heavy atom. The van der Waals surface area contributed by atoms with E-state index in [1.165, 1.54) is 0 Å². The van der Waals surface area contributed by atoms with Gasteiger partial charge in [0, 0.05) is 25.6 Å². The van der Waals surface area contributed by atoms with Gasteiger partial charge in [-0.3, -0.25) is 9.36 Å². The quantitative estimate of drug-likeness (QED) is 0.596. The second-order valence-electron chi connectivity index (χ2n) is 10.9. The van der Waals surface area contributed by atoms with Gasteiger partial charge < -0.3 is 14.4 Å². The van der Waals surface area contributed by atoms with E-state index in [1.54, 1.807) is 4.90 Å². The smallest absolute Gasteiger partial charge is 0.410 e. The highest BCUT2D eigenvalue weighted by Crippen LogP contribution is 2.24. The molecule has 1 aliphatic rings. The van der Waals surface area contributed by atoms with E-state index in [0.717, 1.165) is 18.7 Å². The Morgan fingerprint density at radius 3 is 2.58 bits per heavy atom. The number of piperidine rings is 1. The molecule has 0 saturated carbocycles. The van der Waals surface area contributed by atoms with Crippen molar-refractivity contribution >= 4 is 17.0 Å². The van der Waals surface area contributed by atoms with Gasteiger partial charge in [0.1, 0.15) is 17.2 Å². The zero-order valence-electron chi connectivity index (χ0n) is 21.2. The van der Waals surface area contributed by atoms with E-state index >= 15 is 0 Å². The fraction of sp³-hybridized carbons (Fsp3) is 0.654. The molecule has 1 amide bonds. The average molecular weight is 458 g/mol. The summed E-state index contributed by atoms with van der Waals surface area (Å²) in [6.45, 7) is 16.3. The maximum absolute atomic E-state index is 13.6. The number of hydrogen-bond acceptors (Lipinski definition) is 5. The Labute approximate surface area is 197 Å². The summed E-state index contributed by atoms with van der Waals surface area (Å²) in [4.78, 5) is 32.8. The summed E-state index contributed by atoms with van der Waals surface area (Å²) in [5.41, 5.74) is 0.118. The van der Waals surface area contributed by atoms with Crippen molar-refractivity contribution in [2.45, 2.75) is 79.4 Å². The summed E-state index contributed by atoms with van der Waals surface area (Å²) in [6.07, 6.45) is 1.56. The van der Waals surface area contributed by atoms with Crippen LogP contribution >= 0.6 is 0 Å². The normalized spacial score (nSPS) is 17.1. The number of carbonyl (C=O) groups is 1. The zero-order valence-corrected chi connectivity index (χ0v) is 21.2. The van der Waals surface area contributed by atoms with Crippen LogP contribution in [0.5, 0.6) is 5.75 Å². The lowest BCUT2D eigenvalue weighted by Crippen LogP contribution is -2.44. The molecule has 0 bridgehead atoms. The number of likely N-dealkylation sites (tertiary alicyclic amines) is 1. The predicted octanol–water partition coefficient (Wildman–Crippen LogP) is 5.20. The van der Waals surface area contributed by atoms with Crippen LogP contribution in [0.3, 0.4) is 0 Å². The molecule has 1 fully saturated rings. The van der Waals surface area contributed by atoms with Gasteiger partial charge in [0.2, 0.25) is 0 Å². The fourth-order valence-corrected chi connectivity index (χ4v) is 4.15. The van der Waals surface area contributed by atoms with E-state index in [9.17, 15) is 9.59 Å². The molecule has 0 radical (unpaired) electrons. The van der Waals surface area contributed by atoms with Gasteiger partial charge in [-0.25, -0.2) is 9.78 Å². The zero-order chi connectivity index (χ0) is 24.3. The second kappa shape index (κ2) is 10.1. The molecule has 7 heteroatoms. The summed E-state index contributed by atoms with van der Waals surface area (Å²) < 4.78 is 13.2. The standard InChI is InChI=1S/C26H39N3O4/c1-17(2)16-32-20-10-11-22-21(13-20)24(30)29(23(27-22)18(3)4)15-19-9-8-12-28(14-19)25(31)33-26(5,6)7/h10-11,13,17-19H,8-9,12,14-16H2,1-7H3/t19-/m0/s1. The van der Waals surface area contributed by atoms with E-state index in [0.29, 0.717) is 48.8 Å². The van der Waals surface area contributed by atoms with Crippen molar-refractivity contribution < 1.29 is 14.3 Å². The maximum atomic E-state index is 13.6. The Kier molecular flexibility index (Phi) is 7.70. The molecule has 1 aliphatic heterocycles. The van der Waals surface area contributed by atoms with Crippen molar-refractivity contribution in [3.8, 4) is 5.75 Å². The molecule has 182 valence electrons. The summed E-state index contributed by atoms with van der Waals surface area (Å²) in [5, 5.41) is 0.570. The molecule has 2 heterocycles. The molecule has 3 rings (SSSR count). The Morgan fingerprint density at radius 2 is 1.94 bits per heavy atom. The van der Waals surface area contributed by atoms with Gasteiger partial charge in [0.15, 0.2) is 0 Å². The predicted molar refractivity (Wildman–Crippen MR) is 131 cm³/mol. The highest BCUT2D eigenvalue weighted by atomic mass is 16.6. The van der Waals surface area contributed by atoms with Crippen molar-refractivity contribution in [3.05, 3.63) is 34.4 Å². The van der Waals surface area contributed by atoms with E-state index < -0.39 is 5.60 Å². The molecular formula is C26H39N3O4. The summed E-state index contributed by atoms with van der Waals surface area (Å²) in [5.74, 6) is 2.13. The number of amides is 1. The van der Waals surface area contributed by atoms with E-state index in [2.05, 4.69) is 27.7 Å². The third kappa shape index (κ3) is 6.49. The highest BCUT2D eigenvalue weighted by Gasteiger charge is 2.29. The van der Waals surface area contributed by atoms with Crippen LogP contribution in [0.25, 0.3) is 10.9 Å². The molecule has 1 aromatic heterocycles. The molecule has 1 aromatic carbocycles. The molecule has 0 unspecified atom stereocenters. The first-order chi connectivity index (χ1) is 15.4. The Hall–Kier alpha value is -2.57. The van der Waals surface area contributed by atoms with Crippen LogP contribution < -0.4 is 10.3 Å². The molecule has 1 atom stereocenters.